The molecule has 0 fully saturated rings. The topological polar surface area (TPSA) is 56.7 Å². The Morgan fingerprint density at radius 1 is 1.22 bits per heavy atom. The van der Waals surface area contributed by atoms with Crippen LogP contribution in [0.5, 0.6) is 0 Å². The number of pyridine rings is 1. The van der Waals surface area contributed by atoms with E-state index in [1.54, 1.807) is 23.0 Å². The fourth-order valence-corrected chi connectivity index (χ4v) is 2.22. The number of anilines is 1. The van der Waals surface area contributed by atoms with Crippen LogP contribution in [0.4, 0.5) is 5.82 Å². The highest BCUT2D eigenvalue weighted by Crippen LogP contribution is 2.25. The number of hydrogen-bond donors (Lipinski definition) is 1. The molecule has 2 N–H and O–H groups in total. The summed E-state index contributed by atoms with van der Waals surface area (Å²) < 4.78 is 2.57. The number of nitrogen functional groups attached to an aromatic ring is 1. The lowest BCUT2D eigenvalue weighted by molar-refractivity contribution is 0.902. The Morgan fingerprint density at radius 2 is 1.94 bits per heavy atom. The number of benzene rings is 1. The van der Waals surface area contributed by atoms with E-state index in [9.17, 15) is 0 Å². The molecule has 0 saturated carbocycles. The zero-order chi connectivity index (χ0) is 12.7. The summed E-state index contributed by atoms with van der Waals surface area (Å²) in [7, 11) is 0. The van der Waals surface area contributed by atoms with Crippen molar-refractivity contribution in [3.05, 3.63) is 46.0 Å². The van der Waals surface area contributed by atoms with Crippen molar-refractivity contribution in [1.29, 1.82) is 0 Å². The summed E-state index contributed by atoms with van der Waals surface area (Å²) in [5.41, 5.74) is 7.49. The second-order valence-corrected chi connectivity index (χ2v) is 5.15. The zero-order valence-electron chi connectivity index (χ0n) is 9.14. The molecular formula is C12H8BrClN4. The highest BCUT2D eigenvalue weighted by molar-refractivity contribution is 9.10. The molecule has 0 radical (unpaired) electrons. The minimum atomic E-state index is 0.453. The van der Waals surface area contributed by atoms with Gasteiger partial charge in [-0.1, -0.05) is 11.6 Å². The molecule has 18 heavy (non-hydrogen) atoms. The van der Waals surface area contributed by atoms with Crippen molar-refractivity contribution in [2.45, 2.75) is 0 Å². The average molecular weight is 324 g/mol. The highest BCUT2D eigenvalue weighted by Gasteiger charge is 2.11. The largest absolute Gasteiger partial charge is 0.382 e. The predicted octanol–water partition coefficient (Wildman–Crippen LogP) is 3.42. The highest BCUT2D eigenvalue weighted by atomic mass is 79.9. The van der Waals surface area contributed by atoms with Crippen molar-refractivity contribution in [2.24, 2.45) is 0 Å². The fourth-order valence-electron chi connectivity index (χ4n) is 1.76. The smallest absolute Gasteiger partial charge is 0.165 e. The molecule has 3 rings (SSSR count). The molecule has 6 heteroatoms. The molecule has 90 valence electrons. The first-order valence-electron chi connectivity index (χ1n) is 5.21. The maximum absolute atomic E-state index is 5.89. The van der Waals surface area contributed by atoms with Crippen molar-refractivity contribution in [3.8, 4) is 5.69 Å². The van der Waals surface area contributed by atoms with Crippen LogP contribution in [0.25, 0.3) is 16.7 Å². The Kier molecular flexibility index (Phi) is 2.72. The lowest BCUT2D eigenvalue weighted by Crippen LogP contribution is -1.97. The first kappa shape index (κ1) is 11.5. The minimum Gasteiger partial charge on any atom is -0.382 e. The zero-order valence-corrected chi connectivity index (χ0v) is 11.5. The van der Waals surface area contributed by atoms with Crippen LogP contribution in [0.3, 0.4) is 0 Å². The maximum Gasteiger partial charge on any atom is 0.165 e. The van der Waals surface area contributed by atoms with Crippen molar-refractivity contribution in [2.75, 3.05) is 5.73 Å². The molecule has 0 aliphatic heterocycles. The lowest BCUT2D eigenvalue weighted by Gasteiger charge is -2.02. The van der Waals surface area contributed by atoms with Gasteiger partial charge in [0.1, 0.15) is 0 Å². The van der Waals surface area contributed by atoms with Gasteiger partial charge in [-0.3, -0.25) is 0 Å². The van der Waals surface area contributed by atoms with E-state index >= 15 is 0 Å². The average Bonchev–Trinajstić information content (AvgIpc) is 2.68. The van der Waals surface area contributed by atoms with E-state index in [1.165, 1.54) is 0 Å². The second-order valence-electron chi connectivity index (χ2n) is 3.80. The quantitative estimate of drug-likeness (QED) is 0.746. The number of halogens is 2. The summed E-state index contributed by atoms with van der Waals surface area (Å²) >= 11 is 9.24. The summed E-state index contributed by atoms with van der Waals surface area (Å²) in [5.74, 6) is 0.453. The van der Waals surface area contributed by atoms with Crippen molar-refractivity contribution >= 4 is 44.4 Å². The van der Waals surface area contributed by atoms with Crippen LogP contribution in [-0.2, 0) is 0 Å². The first-order chi connectivity index (χ1) is 8.65. The van der Waals surface area contributed by atoms with Gasteiger partial charge in [0.05, 0.1) is 11.1 Å². The van der Waals surface area contributed by atoms with E-state index in [-0.39, 0.29) is 0 Å². The third-order valence-corrected chi connectivity index (χ3v) is 3.27. The lowest BCUT2D eigenvalue weighted by atomic mass is 10.3. The summed E-state index contributed by atoms with van der Waals surface area (Å²) in [6, 6.07) is 9.26. The summed E-state index contributed by atoms with van der Waals surface area (Å²) in [6.45, 7) is 0. The SMILES string of the molecule is Nc1nn(-c2ccc(Cl)cc2)c2ncc(Br)cc12. The van der Waals surface area contributed by atoms with Crippen molar-refractivity contribution in [3.63, 3.8) is 0 Å². The van der Waals surface area contributed by atoms with Crippen LogP contribution < -0.4 is 5.73 Å². The molecule has 0 unspecified atom stereocenters. The first-order valence-corrected chi connectivity index (χ1v) is 6.38. The maximum atomic E-state index is 5.89. The summed E-state index contributed by atoms with van der Waals surface area (Å²) in [5, 5.41) is 5.80. The van der Waals surface area contributed by atoms with Crippen molar-refractivity contribution in [1.82, 2.24) is 14.8 Å². The molecule has 0 spiro atoms. The van der Waals surface area contributed by atoms with Gasteiger partial charge in [0.25, 0.3) is 0 Å². The number of hydrogen-bond acceptors (Lipinski definition) is 3. The van der Waals surface area contributed by atoms with Crippen LogP contribution in [0, 0.1) is 0 Å². The van der Waals surface area contributed by atoms with Crippen LogP contribution >= 0.6 is 27.5 Å². The molecule has 1 aromatic carbocycles. The molecule has 3 aromatic rings. The third kappa shape index (κ3) is 1.85. The third-order valence-electron chi connectivity index (χ3n) is 2.59. The van der Waals surface area contributed by atoms with Crippen LogP contribution in [0.1, 0.15) is 0 Å². The van der Waals surface area contributed by atoms with E-state index in [1.807, 2.05) is 18.2 Å². The molecule has 0 saturated heterocycles. The Balaban J connectivity index is 2.26. The van der Waals surface area contributed by atoms with E-state index in [0.29, 0.717) is 10.8 Å². The minimum absolute atomic E-state index is 0.453. The Labute approximate surface area is 117 Å². The molecule has 0 amide bonds. The van der Waals surface area contributed by atoms with Gasteiger partial charge in [-0.2, -0.15) is 0 Å². The molecule has 0 bridgehead atoms. The standard InChI is InChI=1S/C12H8BrClN4/c13-7-5-10-11(15)17-18(12(10)16-6-7)9-3-1-8(14)2-4-9/h1-6H,(H2,15,17). The number of fused-ring (bicyclic) bond motifs is 1. The molecule has 0 aliphatic rings. The molecular weight excluding hydrogens is 316 g/mol. The summed E-state index contributed by atoms with van der Waals surface area (Å²) in [4.78, 5) is 4.34. The van der Waals surface area contributed by atoms with E-state index < -0.39 is 0 Å². The Hall–Kier alpha value is -1.59. The van der Waals surface area contributed by atoms with Gasteiger partial charge in [0.15, 0.2) is 11.5 Å². The Bertz CT molecular complexity index is 721. The second kappa shape index (κ2) is 4.26. The van der Waals surface area contributed by atoms with Gasteiger partial charge < -0.3 is 5.73 Å². The van der Waals surface area contributed by atoms with Gasteiger partial charge >= 0.3 is 0 Å². The molecule has 2 aromatic heterocycles. The summed E-state index contributed by atoms with van der Waals surface area (Å²) in [6.07, 6.45) is 1.72. The van der Waals surface area contributed by atoms with Gasteiger partial charge in [-0.15, -0.1) is 5.10 Å². The molecule has 4 nitrogen and oxygen atoms in total. The molecule has 0 atom stereocenters. The normalized spacial score (nSPS) is 11.0. The van der Waals surface area contributed by atoms with Gasteiger partial charge in [0.2, 0.25) is 0 Å². The number of rotatable bonds is 1. The van der Waals surface area contributed by atoms with Crippen LogP contribution in [0.15, 0.2) is 41.0 Å². The van der Waals surface area contributed by atoms with Gasteiger partial charge in [0, 0.05) is 15.7 Å². The molecule has 2 heterocycles. The van der Waals surface area contributed by atoms with E-state index in [2.05, 4.69) is 26.0 Å². The monoisotopic (exact) mass is 322 g/mol. The van der Waals surface area contributed by atoms with Crippen LogP contribution in [-0.4, -0.2) is 14.8 Å². The van der Waals surface area contributed by atoms with Crippen LogP contribution in [0.2, 0.25) is 5.02 Å². The predicted molar refractivity (Wildman–Crippen MR) is 76.0 cm³/mol. The number of aromatic nitrogens is 3. The van der Waals surface area contributed by atoms with Crippen molar-refractivity contribution < 1.29 is 0 Å². The fraction of sp³-hybridized carbons (Fsp3) is 0. The van der Waals surface area contributed by atoms with Gasteiger partial charge in [-0.05, 0) is 46.3 Å². The number of nitrogens with two attached hydrogens (primary N) is 1. The Morgan fingerprint density at radius 3 is 2.67 bits per heavy atom. The van der Waals surface area contributed by atoms with E-state index in [4.69, 9.17) is 17.3 Å². The number of nitrogens with zero attached hydrogens (tertiary/aromatic N) is 3. The van der Waals surface area contributed by atoms with E-state index in [0.717, 1.165) is 21.2 Å². The van der Waals surface area contributed by atoms with Gasteiger partial charge in [-0.25, -0.2) is 9.67 Å². The molecule has 0 aliphatic carbocycles.